The monoisotopic (exact) mass is 294 g/mol. The average Bonchev–Trinajstić information content (AvgIpc) is 2.87. The zero-order valence-electron chi connectivity index (χ0n) is 12.3. The number of anilines is 1. The molecule has 2 aliphatic rings. The standard InChI is InChI=1S/C18H18N2S/c1-12-6-3-4-8-14(12)15-10-11-19-18-20(15)17-13(2)7-5-9-16(17)21-18/h3-9,15H,10-11H2,1-2H3/t15-/m1/s1. The predicted octanol–water partition coefficient (Wildman–Crippen LogP) is 4.72. The maximum absolute atomic E-state index is 4.76. The molecule has 0 spiro atoms. The molecular formula is C18H18N2S. The van der Waals surface area contributed by atoms with E-state index in [9.17, 15) is 0 Å². The van der Waals surface area contributed by atoms with Gasteiger partial charge in [-0.3, -0.25) is 4.99 Å². The van der Waals surface area contributed by atoms with Gasteiger partial charge >= 0.3 is 0 Å². The first-order valence-electron chi connectivity index (χ1n) is 7.42. The van der Waals surface area contributed by atoms with E-state index in [0.29, 0.717) is 6.04 Å². The zero-order chi connectivity index (χ0) is 14.4. The van der Waals surface area contributed by atoms with E-state index >= 15 is 0 Å². The first-order chi connectivity index (χ1) is 10.3. The lowest BCUT2D eigenvalue weighted by atomic mass is 9.96. The van der Waals surface area contributed by atoms with Gasteiger partial charge in [-0.25, -0.2) is 0 Å². The summed E-state index contributed by atoms with van der Waals surface area (Å²) in [4.78, 5) is 8.56. The van der Waals surface area contributed by atoms with Crippen LogP contribution in [0.4, 0.5) is 5.69 Å². The van der Waals surface area contributed by atoms with Crippen molar-refractivity contribution < 1.29 is 0 Å². The molecule has 106 valence electrons. The number of amidine groups is 1. The van der Waals surface area contributed by atoms with Gasteiger partial charge in [-0.15, -0.1) is 0 Å². The Morgan fingerprint density at radius 3 is 2.71 bits per heavy atom. The zero-order valence-corrected chi connectivity index (χ0v) is 13.2. The van der Waals surface area contributed by atoms with E-state index < -0.39 is 0 Å². The van der Waals surface area contributed by atoms with Gasteiger partial charge in [0.25, 0.3) is 0 Å². The third-order valence-electron chi connectivity index (χ3n) is 4.36. The number of para-hydroxylation sites is 1. The van der Waals surface area contributed by atoms with Crippen molar-refractivity contribution in [1.29, 1.82) is 0 Å². The Morgan fingerprint density at radius 2 is 1.86 bits per heavy atom. The summed E-state index contributed by atoms with van der Waals surface area (Å²) in [6.07, 6.45) is 1.09. The van der Waals surface area contributed by atoms with Crippen LogP contribution < -0.4 is 4.90 Å². The first kappa shape index (κ1) is 13.0. The number of nitrogens with zero attached hydrogens (tertiary/aromatic N) is 2. The number of aliphatic imine (C=N–C) groups is 1. The van der Waals surface area contributed by atoms with Gasteiger partial charge in [0.1, 0.15) is 0 Å². The number of hydrogen-bond acceptors (Lipinski definition) is 3. The van der Waals surface area contributed by atoms with Gasteiger partial charge < -0.3 is 4.90 Å². The predicted molar refractivity (Wildman–Crippen MR) is 90.4 cm³/mol. The molecule has 0 saturated carbocycles. The third kappa shape index (κ3) is 1.99. The van der Waals surface area contributed by atoms with Crippen LogP contribution in [0.3, 0.4) is 0 Å². The summed E-state index contributed by atoms with van der Waals surface area (Å²) in [5.41, 5.74) is 5.50. The number of fused-ring (bicyclic) bond motifs is 3. The number of rotatable bonds is 1. The molecule has 0 saturated heterocycles. The van der Waals surface area contributed by atoms with Crippen LogP contribution in [0.15, 0.2) is 52.4 Å². The molecule has 0 unspecified atom stereocenters. The van der Waals surface area contributed by atoms with Crippen LogP contribution in [-0.2, 0) is 0 Å². The molecule has 0 bridgehead atoms. The van der Waals surface area contributed by atoms with Crippen molar-refractivity contribution in [2.24, 2.45) is 4.99 Å². The fraction of sp³-hybridized carbons (Fsp3) is 0.278. The largest absolute Gasteiger partial charge is 0.312 e. The molecule has 2 nitrogen and oxygen atoms in total. The fourth-order valence-corrected chi connectivity index (χ4v) is 4.50. The van der Waals surface area contributed by atoms with Crippen molar-refractivity contribution in [1.82, 2.24) is 0 Å². The maximum Gasteiger partial charge on any atom is 0.169 e. The van der Waals surface area contributed by atoms with Gasteiger partial charge in [0, 0.05) is 11.4 Å². The Labute approximate surface area is 129 Å². The minimum Gasteiger partial charge on any atom is -0.312 e. The van der Waals surface area contributed by atoms with E-state index in [0.717, 1.165) is 13.0 Å². The van der Waals surface area contributed by atoms with E-state index in [-0.39, 0.29) is 0 Å². The van der Waals surface area contributed by atoms with Crippen LogP contribution in [-0.4, -0.2) is 11.7 Å². The molecule has 0 aliphatic carbocycles. The average molecular weight is 294 g/mol. The van der Waals surface area contributed by atoms with Crippen molar-refractivity contribution in [2.75, 3.05) is 11.4 Å². The van der Waals surface area contributed by atoms with Crippen molar-refractivity contribution in [3.63, 3.8) is 0 Å². The molecule has 2 aromatic carbocycles. The summed E-state index contributed by atoms with van der Waals surface area (Å²) >= 11 is 1.81. The molecule has 1 atom stereocenters. The Kier molecular flexibility index (Phi) is 3.03. The van der Waals surface area contributed by atoms with Crippen LogP contribution in [0.25, 0.3) is 0 Å². The molecule has 0 fully saturated rings. The highest BCUT2D eigenvalue weighted by molar-refractivity contribution is 8.14. The highest BCUT2D eigenvalue weighted by Crippen LogP contribution is 2.49. The first-order valence-corrected chi connectivity index (χ1v) is 8.24. The Morgan fingerprint density at radius 1 is 1.05 bits per heavy atom. The SMILES string of the molecule is Cc1ccccc1[C@H]1CCN=C2Sc3cccc(C)c3N21. The van der Waals surface area contributed by atoms with Gasteiger partial charge in [-0.2, -0.15) is 0 Å². The van der Waals surface area contributed by atoms with Gasteiger partial charge in [0.2, 0.25) is 0 Å². The molecule has 2 heterocycles. The number of hydrogen-bond donors (Lipinski definition) is 0. The molecular weight excluding hydrogens is 276 g/mol. The van der Waals surface area contributed by atoms with Crippen molar-refractivity contribution in [3.8, 4) is 0 Å². The fourth-order valence-electron chi connectivity index (χ4n) is 3.33. The van der Waals surface area contributed by atoms with Crippen LogP contribution in [0.5, 0.6) is 0 Å². The van der Waals surface area contributed by atoms with E-state index in [2.05, 4.69) is 61.2 Å². The summed E-state index contributed by atoms with van der Waals surface area (Å²) in [6.45, 7) is 5.33. The van der Waals surface area contributed by atoms with Crippen LogP contribution >= 0.6 is 11.8 Å². The van der Waals surface area contributed by atoms with E-state index in [1.165, 1.54) is 32.4 Å². The van der Waals surface area contributed by atoms with Crippen LogP contribution in [0.2, 0.25) is 0 Å². The summed E-state index contributed by atoms with van der Waals surface area (Å²) in [6, 6.07) is 15.7. The number of thioether (sulfide) groups is 1. The van der Waals surface area contributed by atoms with Gasteiger partial charge in [-0.1, -0.05) is 36.4 Å². The van der Waals surface area contributed by atoms with Gasteiger partial charge in [0.05, 0.1) is 11.7 Å². The third-order valence-corrected chi connectivity index (χ3v) is 5.42. The summed E-state index contributed by atoms with van der Waals surface area (Å²) < 4.78 is 0. The van der Waals surface area contributed by atoms with Crippen LogP contribution in [0, 0.1) is 13.8 Å². The molecule has 0 radical (unpaired) electrons. The molecule has 0 aromatic heterocycles. The lowest BCUT2D eigenvalue weighted by Gasteiger charge is -2.34. The molecule has 4 rings (SSSR count). The normalized spacial score (nSPS) is 20.0. The maximum atomic E-state index is 4.76. The van der Waals surface area contributed by atoms with Gasteiger partial charge in [-0.05, 0) is 54.8 Å². The molecule has 0 N–H and O–H groups in total. The second kappa shape index (κ2) is 4.92. The van der Waals surface area contributed by atoms with Crippen molar-refractivity contribution in [2.45, 2.75) is 31.2 Å². The Hall–Kier alpha value is -1.74. The topological polar surface area (TPSA) is 15.6 Å². The summed E-state index contributed by atoms with van der Waals surface area (Å²) in [7, 11) is 0. The minimum atomic E-state index is 0.411. The summed E-state index contributed by atoms with van der Waals surface area (Å²) in [5.74, 6) is 0. The highest BCUT2D eigenvalue weighted by atomic mass is 32.2. The molecule has 0 amide bonds. The second-order valence-corrected chi connectivity index (χ2v) is 6.73. The van der Waals surface area contributed by atoms with E-state index in [4.69, 9.17) is 4.99 Å². The van der Waals surface area contributed by atoms with Crippen molar-refractivity contribution >= 4 is 22.6 Å². The van der Waals surface area contributed by atoms with Crippen molar-refractivity contribution in [3.05, 3.63) is 59.2 Å². The molecule has 2 aliphatic heterocycles. The smallest absolute Gasteiger partial charge is 0.169 e. The van der Waals surface area contributed by atoms with Crippen LogP contribution in [0.1, 0.15) is 29.2 Å². The highest BCUT2D eigenvalue weighted by Gasteiger charge is 2.36. The van der Waals surface area contributed by atoms with Gasteiger partial charge in [0.15, 0.2) is 5.17 Å². The summed E-state index contributed by atoms with van der Waals surface area (Å²) in [5, 5.41) is 1.17. The number of aryl methyl sites for hydroxylation is 2. The lowest BCUT2D eigenvalue weighted by molar-refractivity contribution is 0.627. The quantitative estimate of drug-likeness (QED) is 0.756. The van der Waals surface area contributed by atoms with E-state index in [1.807, 2.05) is 11.8 Å². The molecule has 3 heteroatoms. The minimum absolute atomic E-state index is 0.411. The molecule has 2 aromatic rings. The lowest BCUT2D eigenvalue weighted by Crippen LogP contribution is -2.35. The molecule has 21 heavy (non-hydrogen) atoms. The van der Waals surface area contributed by atoms with E-state index in [1.54, 1.807) is 0 Å². The number of benzene rings is 2. The second-order valence-electron chi connectivity index (χ2n) is 5.72. The Balaban J connectivity index is 1.87. The Bertz CT molecular complexity index is 736.